The van der Waals surface area contributed by atoms with Gasteiger partial charge in [-0.15, -0.1) is 23.1 Å². The Labute approximate surface area is 155 Å². The average Bonchev–Trinajstić information content (AvgIpc) is 3.29. The van der Waals surface area contributed by atoms with Crippen LogP contribution in [-0.4, -0.2) is 21.6 Å². The number of hydrogen-bond donors (Lipinski definition) is 0. The molecular formula is C16H12N2O4S3. The Kier molecular flexibility index (Phi) is 5.79. The number of rotatable bonds is 7. The molecule has 0 amide bonds. The molecule has 0 N–H and O–H groups in total. The number of non-ortho nitro benzene ring substituents is 1. The Balaban J connectivity index is 1.46. The van der Waals surface area contributed by atoms with Crippen molar-refractivity contribution in [3.8, 4) is 10.6 Å². The zero-order chi connectivity index (χ0) is 17.6. The molecular weight excluding hydrogens is 380 g/mol. The van der Waals surface area contributed by atoms with Crippen molar-refractivity contribution < 1.29 is 14.5 Å². The van der Waals surface area contributed by atoms with E-state index in [0.29, 0.717) is 0 Å². The predicted molar refractivity (Wildman–Crippen MR) is 99.0 cm³/mol. The summed E-state index contributed by atoms with van der Waals surface area (Å²) in [6, 6.07) is 8.05. The third-order valence-corrected chi connectivity index (χ3v) is 5.71. The fourth-order valence-corrected chi connectivity index (χ4v) is 4.11. The zero-order valence-corrected chi connectivity index (χ0v) is 15.2. The summed E-state index contributed by atoms with van der Waals surface area (Å²) in [5.41, 5.74) is 1.82. The van der Waals surface area contributed by atoms with Crippen molar-refractivity contribution >= 4 is 46.1 Å². The van der Waals surface area contributed by atoms with Crippen molar-refractivity contribution in [2.75, 3.05) is 5.75 Å². The van der Waals surface area contributed by atoms with Crippen LogP contribution in [0.1, 0.15) is 5.69 Å². The average molecular weight is 392 g/mol. The van der Waals surface area contributed by atoms with E-state index in [-0.39, 0.29) is 24.0 Å². The maximum absolute atomic E-state index is 11.8. The quantitative estimate of drug-likeness (QED) is 0.253. The molecule has 0 radical (unpaired) electrons. The summed E-state index contributed by atoms with van der Waals surface area (Å²) in [6.07, 6.45) is 0. The predicted octanol–water partition coefficient (Wildman–Crippen LogP) is 4.62. The second-order valence-electron chi connectivity index (χ2n) is 4.86. The zero-order valence-electron chi connectivity index (χ0n) is 12.8. The topological polar surface area (TPSA) is 82.3 Å². The lowest BCUT2D eigenvalue weighted by atomic mass is 10.3. The number of esters is 1. The van der Waals surface area contributed by atoms with Gasteiger partial charge in [-0.3, -0.25) is 14.9 Å². The second kappa shape index (κ2) is 8.24. The summed E-state index contributed by atoms with van der Waals surface area (Å²) in [5.74, 6) is -0.215. The van der Waals surface area contributed by atoms with Crippen LogP contribution in [0.2, 0.25) is 0 Å². The van der Waals surface area contributed by atoms with Crippen LogP contribution in [0, 0.1) is 10.1 Å². The molecule has 0 aliphatic heterocycles. The third kappa shape index (κ3) is 4.88. The van der Waals surface area contributed by atoms with Gasteiger partial charge >= 0.3 is 5.97 Å². The van der Waals surface area contributed by atoms with Crippen LogP contribution in [0.4, 0.5) is 5.69 Å². The van der Waals surface area contributed by atoms with Crippen LogP contribution in [0.3, 0.4) is 0 Å². The summed E-state index contributed by atoms with van der Waals surface area (Å²) in [4.78, 5) is 27.2. The van der Waals surface area contributed by atoms with Gasteiger partial charge < -0.3 is 4.74 Å². The fourth-order valence-electron chi connectivity index (χ4n) is 1.89. The molecule has 0 spiro atoms. The molecule has 0 fully saturated rings. The van der Waals surface area contributed by atoms with Gasteiger partial charge in [-0.1, -0.05) is 0 Å². The standard InChI is InChI=1S/C16H12N2O4S3/c19-15(10-24-14-3-1-13(2-4-14)18(20)21)22-7-12-9-25-16(17-12)11-5-6-23-8-11/h1-6,8-9H,7,10H2. The van der Waals surface area contributed by atoms with Crippen LogP contribution >= 0.6 is 34.4 Å². The Hall–Kier alpha value is -2.23. The van der Waals surface area contributed by atoms with E-state index < -0.39 is 4.92 Å². The minimum atomic E-state index is -0.457. The van der Waals surface area contributed by atoms with E-state index in [0.717, 1.165) is 21.2 Å². The lowest BCUT2D eigenvalue weighted by molar-refractivity contribution is -0.384. The second-order valence-corrected chi connectivity index (χ2v) is 7.54. The van der Waals surface area contributed by atoms with E-state index in [1.165, 1.54) is 35.2 Å². The van der Waals surface area contributed by atoms with E-state index in [1.54, 1.807) is 23.5 Å². The van der Waals surface area contributed by atoms with E-state index in [9.17, 15) is 14.9 Å². The highest BCUT2D eigenvalue weighted by Crippen LogP contribution is 2.26. The first kappa shape index (κ1) is 17.6. The van der Waals surface area contributed by atoms with E-state index in [4.69, 9.17) is 4.74 Å². The van der Waals surface area contributed by atoms with E-state index >= 15 is 0 Å². The van der Waals surface area contributed by atoms with Crippen molar-refractivity contribution in [1.82, 2.24) is 4.98 Å². The SMILES string of the molecule is O=C(CSc1ccc([N+](=O)[O-])cc1)OCc1csc(-c2ccsc2)n1. The van der Waals surface area contributed by atoms with Crippen molar-refractivity contribution in [1.29, 1.82) is 0 Å². The van der Waals surface area contributed by atoms with Crippen LogP contribution in [0.25, 0.3) is 10.6 Å². The first-order valence-corrected chi connectivity index (χ1v) is 9.92. The summed E-state index contributed by atoms with van der Waals surface area (Å²) < 4.78 is 5.22. The number of nitrogens with zero attached hydrogens (tertiary/aromatic N) is 2. The van der Waals surface area contributed by atoms with Gasteiger partial charge in [-0.2, -0.15) is 11.3 Å². The first-order chi connectivity index (χ1) is 12.1. The molecule has 3 rings (SSSR count). The molecule has 2 heterocycles. The van der Waals surface area contributed by atoms with Crippen molar-refractivity contribution in [2.45, 2.75) is 11.5 Å². The number of nitro benzene ring substituents is 1. The summed E-state index contributed by atoms with van der Waals surface area (Å²) in [6.45, 7) is 0.139. The van der Waals surface area contributed by atoms with Gasteiger partial charge in [0.25, 0.3) is 5.69 Å². The number of nitro groups is 1. The Bertz CT molecular complexity index is 860. The van der Waals surface area contributed by atoms with Gasteiger partial charge in [0.15, 0.2) is 0 Å². The molecule has 2 aromatic heterocycles. The number of thioether (sulfide) groups is 1. The lowest BCUT2D eigenvalue weighted by Gasteiger charge is -2.03. The van der Waals surface area contributed by atoms with Crippen LogP contribution in [-0.2, 0) is 16.1 Å². The molecule has 0 saturated heterocycles. The number of carbonyl (C=O) groups is 1. The molecule has 0 aliphatic carbocycles. The Morgan fingerprint density at radius 1 is 1.24 bits per heavy atom. The summed E-state index contributed by atoms with van der Waals surface area (Å²) >= 11 is 4.40. The highest BCUT2D eigenvalue weighted by molar-refractivity contribution is 8.00. The van der Waals surface area contributed by atoms with Crippen molar-refractivity contribution in [3.63, 3.8) is 0 Å². The molecule has 0 saturated carbocycles. The number of thiazole rings is 1. The van der Waals surface area contributed by atoms with E-state index in [2.05, 4.69) is 4.98 Å². The smallest absolute Gasteiger partial charge is 0.316 e. The number of benzene rings is 1. The van der Waals surface area contributed by atoms with Crippen LogP contribution in [0.15, 0.2) is 51.4 Å². The molecule has 0 unspecified atom stereocenters. The monoisotopic (exact) mass is 392 g/mol. The maximum Gasteiger partial charge on any atom is 0.316 e. The van der Waals surface area contributed by atoms with Gasteiger partial charge in [0, 0.05) is 33.4 Å². The molecule has 0 aliphatic rings. The minimum Gasteiger partial charge on any atom is -0.459 e. The number of thiophene rings is 1. The molecule has 128 valence electrons. The number of carbonyl (C=O) groups excluding carboxylic acids is 1. The Morgan fingerprint density at radius 2 is 2.04 bits per heavy atom. The summed E-state index contributed by atoms with van der Waals surface area (Å²) in [5, 5.41) is 17.4. The normalized spacial score (nSPS) is 10.6. The maximum atomic E-state index is 11.8. The van der Waals surface area contributed by atoms with Crippen molar-refractivity contribution in [2.24, 2.45) is 0 Å². The molecule has 3 aromatic rings. The van der Waals surface area contributed by atoms with Gasteiger partial charge in [-0.05, 0) is 23.6 Å². The molecule has 25 heavy (non-hydrogen) atoms. The van der Waals surface area contributed by atoms with Crippen LogP contribution in [0.5, 0.6) is 0 Å². The van der Waals surface area contributed by atoms with Gasteiger partial charge in [0.05, 0.1) is 16.4 Å². The molecule has 0 bridgehead atoms. The lowest BCUT2D eigenvalue weighted by Crippen LogP contribution is -2.07. The van der Waals surface area contributed by atoms with Crippen LogP contribution < -0.4 is 0 Å². The van der Waals surface area contributed by atoms with Gasteiger partial charge in [0.2, 0.25) is 0 Å². The fraction of sp³-hybridized carbons (Fsp3) is 0.125. The van der Waals surface area contributed by atoms with E-state index in [1.807, 2.05) is 22.2 Å². The highest BCUT2D eigenvalue weighted by Gasteiger charge is 2.10. The number of aromatic nitrogens is 1. The van der Waals surface area contributed by atoms with Crippen molar-refractivity contribution in [3.05, 3.63) is 62.3 Å². The first-order valence-electron chi connectivity index (χ1n) is 7.11. The molecule has 9 heteroatoms. The number of ether oxygens (including phenoxy) is 1. The van der Waals surface area contributed by atoms with Gasteiger partial charge in [0.1, 0.15) is 11.6 Å². The Morgan fingerprint density at radius 3 is 2.72 bits per heavy atom. The minimum absolute atomic E-state index is 0.0249. The molecule has 6 nitrogen and oxygen atoms in total. The largest absolute Gasteiger partial charge is 0.459 e. The molecule has 1 aromatic carbocycles. The molecule has 0 atom stereocenters. The summed E-state index contributed by atoms with van der Waals surface area (Å²) in [7, 11) is 0. The number of hydrogen-bond acceptors (Lipinski definition) is 8. The highest BCUT2D eigenvalue weighted by atomic mass is 32.2. The third-order valence-electron chi connectivity index (χ3n) is 3.11. The van der Waals surface area contributed by atoms with Gasteiger partial charge in [-0.25, -0.2) is 4.98 Å².